The van der Waals surface area contributed by atoms with Gasteiger partial charge in [0.15, 0.2) is 0 Å². The number of anilines is 1. The summed E-state index contributed by atoms with van der Waals surface area (Å²) in [6, 6.07) is 8.38. The van der Waals surface area contributed by atoms with Crippen LogP contribution in [0.5, 0.6) is 0 Å². The van der Waals surface area contributed by atoms with Crippen molar-refractivity contribution < 1.29 is 4.79 Å². The molecule has 2 N–H and O–H groups in total. The van der Waals surface area contributed by atoms with Crippen LogP contribution in [-0.4, -0.2) is 23.7 Å². The molecule has 0 radical (unpaired) electrons. The molecule has 1 aliphatic carbocycles. The van der Waals surface area contributed by atoms with Gasteiger partial charge in [-0.25, -0.2) is 0 Å². The number of hydrogen-bond donors (Lipinski definition) is 2. The fourth-order valence-electron chi connectivity index (χ4n) is 2.76. The molecule has 116 valence electrons. The first-order valence-corrected chi connectivity index (χ1v) is 8.86. The van der Waals surface area contributed by atoms with E-state index in [-0.39, 0.29) is 11.9 Å². The van der Waals surface area contributed by atoms with Crippen LogP contribution in [0, 0.1) is 0 Å². The number of benzene rings is 1. The quantitative estimate of drug-likeness (QED) is 0.798. The number of rotatable bonds is 7. The maximum Gasteiger partial charge on any atom is 0.225 e. The molecule has 1 atom stereocenters. The van der Waals surface area contributed by atoms with E-state index in [1.807, 2.05) is 36.9 Å². The summed E-state index contributed by atoms with van der Waals surface area (Å²) in [5.74, 6) is 0.0860. The minimum absolute atomic E-state index is 0.0860. The highest BCUT2D eigenvalue weighted by molar-refractivity contribution is 8.00. The van der Waals surface area contributed by atoms with Crippen molar-refractivity contribution in [2.24, 2.45) is 0 Å². The van der Waals surface area contributed by atoms with E-state index in [0.29, 0.717) is 11.7 Å². The van der Waals surface area contributed by atoms with Gasteiger partial charge in [0.2, 0.25) is 5.91 Å². The SMILES string of the molecule is CCNC(C)CC(=O)Nc1ccccc1SC1CCCC1. The van der Waals surface area contributed by atoms with E-state index < -0.39 is 0 Å². The Morgan fingerprint density at radius 3 is 2.76 bits per heavy atom. The third kappa shape index (κ3) is 5.36. The summed E-state index contributed by atoms with van der Waals surface area (Å²) in [5, 5.41) is 7.06. The van der Waals surface area contributed by atoms with Crippen LogP contribution in [0.1, 0.15) is 46.0 Å². The Balaban J connectivity index is 1.94. The Kier molecular flexibility index (Phi) is 6.58. The van der Waals surface area contributed by atoms with E-state index in [9.17, 15) is 4.79 Å². The number of nitrogens with one attached hydrogen (secondary N) is 2. The highest BCUT2D eigenvalue weighted by Crippen LogP contribution is 2.37. The third-order valence-corrected chi connectivity index (χ3v) is 5.22. The van der Waals surface area contributed by atoms with Crippen molar-refractivity contribution in [2.45, 2.75) is 62.1 Å². The molecular weight excluding hydrogens is 280 g/mol. The van der Waals surface area contributed by atoms with E-state index >= 15 is 0 Å². The summed E-state index contributed by atoms with van der Waals surface area (Å²) >= 11 is 1.92. The highest BCUT2D eigenvalue weighted by Gasteiger charge is 2.18. The lowest BCUT2D eigenvalue weighted by atomic mass is 10.2. The molecule has 0 spiro atoms. The molecule has 0 aliphatic heterocycles. The summed E-state index contributed by atoms with van der Waals surface area (Å²) in [7, 11) is 0. The van der Waals surface area contributed by atoms with Gasteiger partial charge in [-0.3, -0.25) is 4.79 Å². The minimum atomic E-state index is 0.0860. The predicted octanol–water partition coefficient (Wildman–Crippen LogP) is 4.05. The van der Waals surface area contributed by atoms with E-state index in [2.05, 4.69) is 23.6 Å². The van der Waals surface area contributed by atoms with E-state index in [1.165, 1.54) is 30.6 Å². The molecular formula is C17H26N2OS. The molecule has 0 saturated heterocycles. The number of carbonyl (C=O) groups is 1. The van der Waals surface area contributed by atoms with Gasteiger partial charge in [-0.05, 0) is 38.4 Å². The van der Waals surface area contributed by atoms with Crippen molar-refractivity contribution in [1.82, 2.24) is 5.32 Å². The first-order valence-electron chi connectivity index (χ1n) is 7.98. The van der Waals surface area contributed by atoms with Gasteiger partial charge in [-0.15, -0.1) is 11.8 Å². The Bertz CT molecular complexity index is 458. The van der Waals surface area contributed by atoms with Crippen LogP contribution >= 0.6 is 11.8 Å². The first-order chi connectivity index (χ1) is 10.2. The van der Waals surface area contributed by atoms with Crippen molar-refractivity contribution in [3.05, 3.63) is 24.3 Å². The summed E-state index contributed by atoms with van der Waals surface area (Å²) in [6.07, 6.45) is 5.78. The molecule has 1 fully saturated rings. The maximum absolute atomic E-state index is 12.1. The van der Waals surface area contributed by atoms with Crippen LogP contribution in [0.4, 0.5) is 5.69 Å². The zero-order valence-corrected chi connectivity index (χ0v) is 13.8. The van der Waals surface area contributed by atoms with Crippen LogP contribution in [0.15, 0.2) is 29.2 Å². The third-order valence-electron chi connectivity index (χ3n) is 3.80. The zero-order chi connectivity index (χ0) is 15.1. The van der Waals surface area contributed by atoms with Gasteiger partial charge in [-0.1, -0.05) is 31.9 Å². The number of hydrogen-bond acceptors (Lipinski definition) is 3. The van der Waals surface area contributed by atoms with Gasteiger partial charge in [0.05, 0.1) is 5.69 Å². The van der Waals surface area contributed by atoms with Gasteiger partial charge in [0.25, 0.3) is 0 Å². The molecule has 0 aromatic heterocycles. The van der Waals surface area contributed by atoms with Gasteiger partial charge in [-0.2, -0.15) is 0 Å². The average Bonchev–Trinajstić information content (AvgIpc) is 2.94. The summed E-state index contributed by atoms with van der Waals surface area (Å²) < 4.78 is 0. The molecule has 1 saturated carbocycles. The van der Waals surface area contributed by atoms with Crippen molar-refractivity contribution in [1.29, 1.82) is 0 Å². The number of amides is 1. The molecule has 0 bridgehead atoms. The monoisotopic (exact) mass is 306 g/mol. The standard InChI is InChI=1S/C17H26N2OS/c1-3-18-13(2)12-17(20)19-15-10-6-7-11-16(15)21-14-8-4-5-9-14/h6-7,10-11,13-14,18H,3-5,8-9,12H2,1-2H3,(H,19,20). The lowest BCUT2D eigenvalue weighted by molar-refractivity contribution is -0.116. The second-order valence-corrected chi connectivity index (χ2v) is 7.07. The molecule has 4 heteroatoms. The molecule has 1 aliphatic rings. The molecule has 3 nitrogen and oxygen atoms in total. The second kappa shape index (κ2) is 8.44. The molecule has 1 amide bonds. The highest BCUT2D eigenvalue weighted by atomic mass is 32.2. The summed E-state index contributed by atoms with van der Waals surface area (Å²) in [4.78, 5) is 13.3. The molecule has 1 unspecified atom stereocenters. The maximum atomic E-state index is 12.1. The number of para-hydroxylation sites is 1. The Morgan fingerprint density at radius 1 is 1.33 bits per heavy atom. The summed E-state index contributed by atoms with van der Waals surface area (Å²) in [5.41, 5.74) is 0.961. The predicted molar refractivity (Wildman–Crippen MR) is 90.9 cm³/mol. The number of carbonyl (C=O) groups excluding carboxylic acids is 1. The largest absolute Gasteiger partial charge is 0.325 e. The minimum Gasteiger partial charge on any atom is -0.325 e. The lowest BCUT2D eigenvalue weighted by Gasteiger charge is -2.16. The molecule has 2 rings (SSSR count). The van der Waals surface area contributed by atoms with Crippen LogP contribution < -0.4 is 10.6 Å². The van der Waals surface area contributed by atoms with E-state index in [1.54, 1.807) is 0 Å². The first kappa shape index (κ1) is 16.4. The number of thioether (sulfide) groups is 1. The van der Waals surface area contributed by atoms with Crippen molar-refractivity contribution in [3.8, 4) is 0 Å². The van der Waals surface area contributed by atoms with Gasteiger partial charge >= 0.3 is 0 Å². The molecule has 1 aromatic carbocycles. The fourth-order valence-corrected chi connectivity index (χ4v) is 4.09. The average molecular weight is 306 g/mol. The van der Waals surface area contributed by atoms with Crippen LogP contribution in [0.3, 0.4) is 0 Å². The van der Waals surface area contributed by atoms with E-state index in [4.69, 9.17) is 0 Å². The van der Waals surface area contributed by atoms with Gasteiger partial charge < -0.3 is 10.6 Å². The van der Waals surface area contributed by atoms with Gasteiger partial charge in [0, 0.05) is 22.6 Å². The Labute approximate surface area is 132 Å². The lowest BCUT2D eigenvalue weighted by Crippen LogP contribution is -2.30. The smallest absolute Gasteiger partial charge is 0.225 e. The van der Waals surface area contributed by atoms with Crippen molar-refractivity contribution in [2.75, 3.05) is 11.9 Å². The summed E-state index contributed by atoms with van der Waals surface area (Å²) in [6.45, 7) is 4.99. The molecule has 1 aromatic rings. The van der Waals surface area contributed by atoms with E-state index in [0.717, 1.165) is 12.2 Å². The molecule has 0 heterocycles. The van der Waals surface area contributed by atoms with Crippen molar-refractivity contribution in [3.63, 3.8) is 0 Å². The van der Waals surface area contributed by atoms with Crippen LogP contribution in [0.25, 0.3) is 0 Å². The Morgan fingerprint density at radius 2 is 2.05 bits per heavy atom. The molecule has 21 heavy (non-hydrogen) atoms. The zero-order valence-electron chi connectivity index (χ0n) is 13.0. The normalized spacial score (nSPS) is 16.9. The van der Waals surface area contributed by atoms with Crippen LogP contribution in [-0.2, 0) is 4.79 Å². The van der Waals surface area contributed by atoms with Gasteiger partial charge in [0.1, 0.15) is 0 Å². The van der Waals surface area contributed by atoms with Crippen molar-refractivity contribution >= 4 is 23.4 Å². The fraction of sp³-hybridized carbons (Fsp3) is 0.588. The van der Waals surface area contributed by atoms with Crippen LogP contribution in [0.2, 0.25) is 0 Å². The second-order valence-electron chi connectivity index (χ2n) is 5.73. The Hall–Kier alpha value is -1.00. The topological polar surface area (TPSA) is 41.1 Å².